The standard InChI is InChI=1S/C17H14N4O2/c1-23-14-8-6-12(7-9-14)17(22)21-19-11-13-10-18-15-4-2-3-5-16(15)20-13/h2-11H,1H3,(H,21,22)/b19-11+. The van der Waals surface area contributed by atoms with Gasteiger partial charge in [0.1, 0.15) is 11.4 Å². The van der Waals surface area contributed by atoms with E-state index in [2.05, 4.69) is 20.5 Å². The summed E-state index contributed by atoms with van der Waals surface area (Å²) in [5.41, 5.74) is 5.10. The van der Waals surface area contributed by atoms with E-state index in [4.69, 9.17) is 4.74 Å². The van der Waals surface area contributed by atoms with Gasteiger partial charge < -0.3 is 4.74 Å². The van der Waals surface area contributed by atoms with Crippen LogP contribution in [0.1, 0.15) is 16.1 Å². The molecule has 6 heteroatoms. The Morgan fingerprint density at radius 2 is 1.87 bits per heavy atom. The normalized spacial score (nSPS) is 10.8. The lowest BCUT2D eigenvalue weighted by molar-refractivity contribution is 0.0955. The van der Waals surface area contributed by atoms with Gasteiger partial charge in [-0.05, 0) is 36.4 Å². The highest BCUT2D eigenvalue weighted by atomic mass is 16.5. The minimum atomic E-state index is -0.308. The van der Waals surface area contributed by atoms with Gasteiger partial charge in [-0.25, -0.2) is 10.4 Å². The summed E-state index contributed by atoms with van der Waals surface area (Å²) in [5.74, 6) is 0.383. The van der Waals surface area contributed by atoms with Crippen molar-refractivity contribution in [2.45, 2.75) is 0 Å². The average Bonchev–Trinajstić information content (AvgIpc) is 2.61. The number of methoxy groups -OCH3 is 1. The summed E-state index contributed by atoms with van der Waals surface area (Å²) in [7, 11) is 1.57. The second kappa shape index (κ2) is 6.65. The van der Waals surface area contributed by atoms with E-state index in [0.29, 0.717) is 17.0 Å². The number of nitrogens with zero attached hydrogens (tertiary/aromatic N) is 3. The van der Waals surface area contributed by atoms with Crippen molar-refractivity contribution >= 4 is 23.2 Å². The molecule has 0 aliphatic heterocycles. The van der Waals surface area contributed by atoms with Crippen LogP contribution < -0.4 is 10.2 Å². The third-order valence-electron chi connectivity index (χ3n) is 3.18. The van der Waals surface area contributed by atoms with Crippen molar-refractivity contribution in [3.05, 3.63) is 66.0 Å². The quantitative estimate of drug-likeness (QED) is 0.593. The van der Waals surface area contributed by atoms with Gasteiger partial charge >= 0.3 is 0 Å². The molecule has 0 fully saturated rings. The van der Waals surface area contributed by atoms with Crippen LogP contribution in [0.4, 0.5) is 0 Å². The number of aromatic nitrogens is 2. The number of hydrogen-bond donors (Lipinski definition) is 1. The minimum Gasteiger partial charge on any atom is -0.497 e. The largest absolute Gasteiger partial charge is 0.497 e. The zero-order valence-corrected chi connectivity index (χ0v) is 12.4. The summed E-state index contributed by atoms with van der Waals surface area (Å²) in [6.45, 7) is 0. The molecule has 3 rings (SSSR count). The summed E-state index contributed by atoms with van der Waals surface area (Å²) in [5, 5.41) is 3.91. The Hall–Kier alpha value is -3.28. The van der Waals surface area contributed by atoms with Gasteiger partial charge in [0.25, 0.3) is 5.91 Å². The summed E-state index contributed by atoms with van der Waals surface area (Å²) < 4.78 is 5.05. The molecule has 0 atom stereocenters. The summed E-state index contributed by atoms with van der Waals surface area (Å²) in [6, 6.07) is 14.3. The van der Waals surface area contributed by atoms with Gasteiger partial charge in [0.05, 0.1) is 30.6 Å². The molecule has 0 saturated carbocycles. The lowest BCUT2D eigenvalue weighted by Crippen LogP contribution is -2.17. The maximum Gasteiger partial charge on any atom is 0.271 e. The Morgan fingerprint density at radius 3 is 2.61 bits per heavy atom. The molecule has 0 unspecified atom stereocenters. The van der Waals surface area contributed by atoms with Gasteiger partial charge in [-0.1, -0.05) is 12.1 Å². The number of carbonyl (C=O) groups excluding carboxylic acids is 1. The lowest BCUT2D eigenvalue weighted by atomic mass is 10.2. The van der Waals surface area contributed by atoms with E-state index in [1.165, 1.54) is 6.21 Å². The maximum absolute atomic E-state index is 11.9. The Balaban J connectivity index is 1.68. The van der Waals surface area contributed by atoms with E-state index < -0.39 is 0 Å². The number of fused-ring (bicyclic) bond motifs is 1. The molecule has 0 radical (unpaired) electrons. The number of rotatable bonds is 4. The molecular formula is C17H14N4O2. The number of carbonyl (C=O) groups is 1. The Labute approximate surface area is 132 Å². The van der Waals surface area contributed by atoms with E-state index in [-0.39, 0.29) is 5.91 Å². The molecule has 0 bridgehead atoms. The van der Waals surface area contributed by atoms with E-state index in [0.717, 1.165) is 11.0 Å². The highest BCUT2D eigenvalue weighted by Gasteiger charge is 2.04. The molecule has 0 spiro atoms. The topological polar surface area (TPSA) is 76.5 Å². The van der Waals surface area contributed by atoms with Crippen molar-refractivity contribution in [3.8, 4) is 5.75 Å². The second-order valence-corrected chi connectivity index (χ2v) is 4.71. The smallest absolute Gasteiger partial charge is 0.271 e. The van der Waals surface area contributed by atoms with Crippen LogP contribution >= 0.6 is 0 Å². The maximum atomic E-state index is 11.9. The molecule has 3 aromatic rings. The number of hydrazone groups is 1. The first kappa shape index (κ1) is 14.6. The van der Waals surface area contributed by atoms with Gasteiger partial charge in [-0.2, -0.15) is 5.10 Å². The number of amides is 1. The molecule has 1 aromatic heterocycles. The summed E-state index contributed by atoms with van der Waals surface area (Å²) in [4.78, 5) is 20.6. The Morgan fingerprint density at radius 1 is 1.13 bits per heavy atom. The Kier molecular flexibility index (Phi) is 4.24. The molecule has 0 saturated heterocycles. The molecule has 23 heavy (non-hydrogen) atoms. The van der Waals surface area contributed by atoms with Crippen LogP contribution in [0.5, 0.6) is 5.75 Å². The third-order valence-corrected chi connectivity index (χ3v) is 3.18. The van der Waals surface area contributed by atoms with Crippen LogP contribution in [0.25, 0.3) is 11.0 Å². The highest BCUT2D eigenvalue weighted by Crippen LogP contribution is 2.11. The molecule has 2 aromatic carbocycles. The van der Waals surface area contributed by atoms with Gasteiger partial charge in [0, 0.05) is 5.56 Å². The third kappa shape index (κ3) is 3.49. The molecule has 1 amide bonds. The molecule has 1 N–H and O–H groups in total. The van der Waals surface area contributed by atoms with Crippen LogP contribution in [-0.4, -0.2) is 29.2 Å². The van der Waals surface area contributed by atoms with Crippen molar-refractivity contribution in [1.29, 1.82) is 0 Å². The number of para-hydroxylation sites is 2. The molecule has 6 nitrogen and oxygen atoms in total. The van der Waals surface area contributed by atoms with E-state index in [9.17, 15) is 4.79 Å². The first-order valence-corrected chi connectivity index (χ1v) is 6.95. The van der Waals surface area contributed by atoms with Gasteiger partial charge in [0.2, 0.25) is 0 Å². The van der Waals surface area contributed by atoms with Gasteiger partial charge in [-0.15, -0.1) is 0 Å². The molecule has 0 aliphatic rings. The van der Waals surface area contributed by atoms with Crippen molar-refractivity contribution in [2.75, 3.05) is 7.11 Å². The fraction of sp³-hybridized carbons (Fsp3) is 0.0588. The van der Waals surface area contributed by atoms with E-state index >= 15 is 0 Å². The van der Waals surface area contributed by atoms with E-state index in [1.807, 2.05) is 24.3 Å². The van der Waals surface area contributed by atoms with E-state index in [1.54, 1.807) is 37.6 Å². The van der Waals surface area contributed by atoms with Crippen LogP contribution in [0.3, 0.4) is 0 Å². The van der Waals surface area contributed by atoms with Crippen molar-refractivity contribution in [1.82, 2.24) is 15.4 Å². The summed E-state index contributed by atoms with van der Waals surface area (Å²) >= 11 is 0. The monoisotopic (exact) mass is 306 g/mol. The predicted octanol–water partition coefficient (Wildman–Crippen LogP) is 2.40. The zero-order valence-electron chi connectivity index (χ0n) is 12.4. The predicted molar refractivity (Wildman–Crippen MR) is 87.6 cm³/mol. The molecule has 0 aliphatic carbocycles. The van der Waals surface area contributed by atoms with Crippen LogP contribution in [-0.2, 0) is 0 Å². The summed E-state index contributed by atoms with van der Waals surface area (Å²) in [6.07, 6.45) is 3.06. The van der Waals surface area contributed by atoms with Crippen LogP contribution in [0.15, 0.2) is 59.8 Å². The Bertz CT molecular complexity index is 860. The zero-order chi connectivity index (χ0) is 16.1. The number of benzene rings is 2. The highest BCUT2D eigenvalue weighted by molar-refractivity contribution is 5.95. The second-order valence-electron chi connectivity index (χ2n) is 4.71. The fourth-order valence-electron chi connectivity index (χ4n) is 2.00. The van der Waals surface area contributed by atoms with Crippen LogP contribution in [0.2, 0.25) is 0 Å². The van der Waals surface area contributed by atoms with Crippen molar-refractivity contribution in [3.63, 3.8) is 0 Å². The minimum absolute atomic E-state index is 0.308. The lowest BCUT2D eigenvalue weighted by Gasteiger charge is -2.02. The molecule has 1 heterocycles. The number of nitrogens with one attached hydrogen (secondary N) is 1. The number of hydrogen-bond acceptors (Lipinski definition) is 5. The van der Waals surface area contributed by atoms with Crippen molar-refractivity contribution < 1.29 is 9.53 Å². The first-order chi connectivity index (χ1) is 11.3. The van der Waals surface area contributed by atoms with Gasteiger partial charge in [0.15, 0.2) is 0 Å². The first-order valence-electron chi connectivity index (χ1n) is 6.95. The van der Waals surface area contributed by atoms with Crippen LogP contribution in [0, 0.1) is 0 Å². The fourth-order valence-corrected chi connectivity index (χ4v) is 2.00. The number of ether oxygens (including phenoxy) is 1. The van der Waals surface area contributed by atoms with Crippen molar-refractivity contribution in [2.24, 2.45) is 5.10 Å². The SMILES string of the molecule is COc1ccc(C(=O)N/N=C/c2cnc3ccccc3n2)cc1. The molecular weight excluding hydrogens is 292 g/mol. The average molecular weight is 306 g/mol. The molecule has 114 valence electrons. The van der Waals surface area contributed by atoms with Gasteiger partial charge in [-0.3, -0.25) is 9.78 Å².